The second-order valence-electron chi connectivity index (χ2n) is 5.61. The molecule has 1 aromatic rings. The number of hydrogen-bond acceptors (Lipinski definition) is 3. The first-order chi connectivity index (χ1) is 10.1. The van der Waals surface area contributed by atoms with E-state index in [1.165, 1.54) is 12.7 Å². The molecule has 0 aliphatic carbocycles. The van der Waals surface area contributed by atoms with E-state index >= 15 is 0 Å². The molecule has 1 heterocycles. The molecule has 4 nitrogen and oxygen atoms in total. The number of hydrogen-bond donors (Lipinski definition) is 0. The summed E-state index contributed by atoms with van der Waals surface area (Å²) in [6, 6.07) is 7.79. The van der Waals surface area contributed by atoms with Crippen LogP contribution in [-0.2, 0) is 20.7 Å². The van der Waals surface area contributed by atoms with E-state index < -0.39 is 6.04 Å². The van der Waals surface area contributed by atoms with Crippen LogP contribution in [0.4, 0.5) is 0 Å². The number of rotatable bonds is 4. The maximum absolute atomic E-state index is 12.4. The standard InChI is InChI=1S/C17H23NO3/c1-13-6-5-7-14(12-13)9-10-16(19)18-11-4-3-8-15(18)17(20)21-2/h5-7,12,15H,3-4,8-11H2,1-2H3. The fourth-order valence-electron chi connectivity index (χ4n) is 2.87. The van der Waals surface area contributed by atoms with E-state index in [1.54, 1.807) is 4.90 Å². The Hall–Kier alpha value is -1.84. The van der Waals surface area contributed by atoms with E-state index in [-0.39, 0.29) is 11.9 Å². The van der Waals surface area contributed by atoms with Crippen LogP contribution in [0.25, 0.3) is 0 Å². The Kier molecular flexibility index (Phi) is 5.37. The predicted octanol–water partition coefficient (Wildman–Crippen LogP) is 2.48. The third-order valence-corrected chi connectivity index (χ3v) is 4.01. The van der Waals surface area contributed by atoms with E-state index in [4.69, 9.17) is 4.74 Å². The summed E-state index contributed by atoms with van der Waals surface area (Å²) in [5.74, 6) is -0.245. The number of carbonyl (C=O) groups excluding carboxylic acids is 2. The molecule has 1 aromatic carbocycles. The van der Waals surface area contributed by atoms with Crippen LogP contribution >= 0.6 is 0 Å². The van der Waals surface area contributed by atoms with Crippen molar-refractivity contribution in [2.24, 2.45) is 0 Å². The molecule has 0 radical (unpaired) electrons. The molecule has 0 saturated carbocycles. The lowest BCUT2D eigenvalue weighted by molar-refractivity contribution is -0.154. The molecule has 1 unspecified atom stereocenters. The highest BCUT2D eigenvalue weighted by Gasteiger charge is 2.32. The Bertz CT molecular complexity index is 513. The second kappa shape index (κ2) is 7.25. The lowest BCUT2D eigenvalue weighted by Gasteiger charge is -2.33. The number of amides is 1. The fraction of sp³-hybridized carbons (Fsp3) is 0.529. The van der Waals surface area contributed by atoms with E-state index in [0.717, 1.165) is 18.4 Å². The van der Waals surface area contributed by atoms with Gasteiger partial charge in [-0.05, 0) is 38.2 Å². The highest BCUT2D eigenvalue weighted by Crippen LogP contribution is 2.20. The van der Waals surface area contributed by atoms with Gasteiger partial charge in [0.15, 0.2) is 0 Å². The van der Waals surface area contributed by atoms with Crippen molar-refractivity contribution in [3.8, 4) is 0 Å². The number of nitrogens with zero attached hydrogens (tertiary/aromatic N) is 1. The Morgan fingerprint density at radius 2 is 2.14 bits per heavy atom. The summed E-state index contributed by atoms with van der Waals surface area (Å²) in [4.78, 5) is 25.9. The van der Waals surface area contributed by atoms with Crippen LogP contribution in [0.2, 0.25) is 0 Å². The molecule has 1 atom stereocenters. The van der Waals surface area contributed by atoms with E-state index in [0.29, 0.717) is 25.8 Å². The number of esters is 1. The molecule has 0 aromatic heterocycles. The maximum atomic E-state index is 12.4. The molecule has 114 valence electrons. The third kappa shape index (κ3) is 4.06. The van der Waals surface area contributed by atoms with Crippen molar-refractivity contribution in [3.05, 3.63) is 35.4 Å². The van der Waals surface area contributed by atoms with Gasteiger partial charge in [-0.3, -0.25) is 4.79 Å². The molecule has 1 fully saturated rings. The topological polar surface area (TPSA) is 46.6 Å². The second-order valence-corrected chi connectivity index (χ2v) is 5.61. The largest absolute Gasteiger partial charge is 0.467 e. The highest BCUT2D eigenvalue weighted by molar-refractivity contribution is 5.84. The minimum atomic E-state index is -0.395. The lowest BCUT2D eigenvalue weighted by atomic mass is 10.0. The summed E-state index contributed by atoms with van der Waals surface area (Å²) in [5.41, 5.74) is 2.36. The molecule has 1 aliphatic heterocycles. The zero-order valence-electron chi connectivity index (χ0n) is 12.8. The number of benzene rings is 1. The molecule has 2 rings (SSSR count). The van der Waals surface area contributed by atoms with Crippen molar-refractivity contribution in [2.45, 2.75) is 45.1 Å². The molecule has 4 heteroatoms. The van der Waals surface area contributed by atoms with Crippen molar-refractivity contribution in [3.63, 3.8) is 0 Å². The van der Waals surface area contributed by atoms with Crippen LogP contribution in [0, 0.1) is 6.92 Å². The van der Waals surface area contributed by atoms with Crippen LogP contribution < -0.4 is 0 Å². The summed E-state index contributed by atoms with van der Waals surface area (Å²) < 4.78 is 4.82. The zero-order valence-corrected chi connectivity index (χ0v) is 12.8. The Balaban J connectivity index is 1.96. The molecule has 0 bridgehead atoms. The summed E-state index contributed by atoms with van der Waals surface area (Å²) in [7, 11) is 1.38. The van der Waals surface area contributed by atoms with Crippen molar-refractivity contribution >= 4 is 11.9 Å². The normalized spacial score (nSPS) is 18.4. The Morgan fingerprint density at radius 1 is 1.33 bits per heavy atom. The van der Waals surface area contributed by atoms with Gasteiger partial charge in [-0.15, -0.1) is 0 Å². The van der Waals surface area contributed by atoms with Crippen LogP contribution in [0.5, 0.6) is 0 Å². The summed E-state index contributed by atoms with van der Waals surface area (Å²) in [6.07, 6.45) is 3.80. The van der Waals surface area contributed by atoms with Gasteiger partial charge in [-0.25, -0.2) is 4.79 Å². The monoisotopic (exact) mass is 289 g/mol. The van der Waals surface area contributed by atoms with Crippen molar-refractivity contribution in [1.29, 1.82) is 0 Å². The first kappa shape index (κ1) is 15.5. The number of methoxy groups -OCH3 is 1. The van der Waals surface area contributed by atoms with Gasteiger partial charge in [-0.1, -0.05) is 29.8 Å². The maximum Gasteiger partial charge on any atom is 0.328 e. The van der Waals surface area contributed by atoms with Crippen LogP contribution in [-0.4, -0.2) is 36.5 Å². The predicted molar refractivity (Wildman–Crippen MR) is 80.9 cm³/mol. The van der Waals surface area contributed by atoms with E-state index in [1.807, 2.05) is 25.1 Å². The van der Waals surface area contributed by atoms with Crippen LogP contribution in [0.3, 0.4) is 0 Å². The zero-order chi connectivity index (χ0) is 15.2. The van der Waals surface area contributed by atoms with Crippen LogP contribution in [0.15, 0.2) is 24.3 Å². The van der Waals surface area contributed by atoms with Gasteiger partial charge in [0, 0.05) is 13.0 Å². The van der Waals surface area contributed by atoms with Crippen molar-refractivity contribution in [1.82, 2.24) is 4.90 Å². The highest BCUT2D eigenvalue weighted by atomic mass is 16.5. The van der Waals surface area contributed by atoms with Crippen LogP contribution in [0.1, 0.15) is 36.8 Å². The van der Waals surface area contributed by atoms with Gasteiger partial charge < -0.3 is 9.64 Å². The minimum Gasteiger partial charge on any atom is -0.467 e. The smallest absolute Gasteiger partial charge is 0.328 e. The van der Waals surface area contributed by atoms with Gasteiger partial charge >= 0.3 is 5.97 Å². The Labute approximate surface area is 126 Å². The van der Waals surface area contributed by atoms with E-state index in [2.05, 4.69) is 6.07 Å². The minimum absolute atomic E-state index is 0.0478. The summed E-state index contributed by atoms with van der Waals surface area (Å²) in [5, 5.41) is 0. The summed E-state index contributed by atoms with van der Waals surface area (Å²) >= 11 is 0. The number of likely N-dealkylation sites (tertiary alicyclic amines) is 1. The average molecular weight is 289 g/mol. The fourth-order valence-corrected chi connectivity index (χ4v) is 2.87. The number of piperidine rings is 1. The van der Waals surface area contributed by atoms with Gasteiger partial charge in [-0.2, -0.15) is 0 Å². The van der Waals surface area contributed by atoms with Gasteiger partial charge in [0.25, 0.3) is 0 Å². The number of aryl methyl sites for hydroxylation is 2. The van der Waals surface area contributed by atoms with Gasteiger partial charge in [0.2, 0.25) is 5.91 Å². The molecule has 1 saturated heterocycles. The number of carbonyl (C=O) groups is 2. The molecule has 0 spiro atoms. The Morgan fingerprint density at radius 3 is 2.86 bits per heavy atom. The average Bonchev–Trinajstić information content (AvgIpc) is 2.52. The molecule has 1 amide bonds. The molecule has 0 N–H and O–H groups in total. The molecular weight excluding hydrogens is 266 g/mol. The summed E-state index contributed by atoms with van der Waals surface area (Å²) in [6.45, 7) is 2.70. The number of ether oxygens (including phenoxy) is 1. The lowest BCUT2D eigenvalue weighted by Crippen LogP contribution is -2.48. The van der Waals surface area contributed by atoms with E-state index in [9.17, 15) is 9.59 Å². The molecule has 1 aliphatic rings. The van der Waals surface area contributed by atoms with Gasteiger partial charge in [0.1, 0.15) is 6.04 Å². The molecular formula is C17H23NO3. The van der Waals surface area contributed by atoms with Crippen molar-refractivity contribution < 1.29 is 14.3 Å². The SMILES string of the molecule is COC(=O)C1CCCCN1C(=O)CCc1cccc(C)c1. The first-order valence-corrected chi connectivity index (χ1v) is 7.54. The first-order valence-electron chi connectivity index (χ1n) is 7.54. The quantitative estimate of drug-likeness (QED) is 0.800. The third-order valence-electron chi connectivity index (χ3n) is 4.01. The van der Waals surface area contributed by atoms with Gasteiger partial charge in [0.05, 0.1) is 7.11 Å². The van der Waals surface area contributed by atoms with Crippen molar-refractivity contribution in [2.75, 3.05) is 13.7 Å². The molecule has 21 heavy (non-hydrogen) atoms.